The molecule has 5 nitrogen and oxygen atoms in total. The van der Waals surface area contributed by atoms with Gasteiger partial charge in [0.2, 0.25) is 0 Å². The summed E-state index contributed by atoms with van der Waals surface area (Å²) in [5.41, 5.74) is -1.40. The highest BCUT2D eigenvalue weighted by molar-refractivity contribution is 5.94. The van der Waals surface area contributed by atoms with Crippen LogP contribution in [0, 0.1) is 5.82 Å². The first-order valence-electron chi connectivity index (χ1n) is 4.36. The minimum Gasteiger partial charge on any atom is -0.502 e. The molecule has 0 atom stereocenters. The van der Waals surface area contributed by atoms with Crippen LogP contribution in [0.2, 0.25) is 0 Å². The number of aromatic hydroxyl groups is 1. The van der Waals surface area contributed by atoms with Crippen molar-refractivity contribution >= 4 is 5.91 Å². The van der Waals surface area contributed by atoms with Gasteiger partial charge in [-0.1, -0.05) is 0 Å². The van der Waals surface area contributed by atoms with Gasteiger partial charge in [0.05, 0.1) is 0 Å². The molecule has 82 valence electrons. The highest BCUT2D eigenvalue weighted by Gasteiger charge is 2.19. The van der Waals surface area contributed by atoms with Gasteiger partial charge in [-0.3, -0.25) is 9.59 Å². The predicted molar refractivity (Wildman–Crippen MR) is 51.4 cm³/mol. The standard InChI is InChI=1S/C9H11FN2O3/c1-3-12-4-5(10)7(13)8(14)6(12)9(15)11-2/h4,14H,3H2,1-2H3,(H,11,15). The number of aryl methyl sites for hydroxylation is 1. The number of amides is 1. The maximum Gasteiger partial charge on any atom is 0.271 e. The van der Waals surface area contributed by atoms with Gasteiger partial charge in [-0.05, 0) is 6.92 Å². The lowest BCUT2D eigenvalue weighted by atomic mass is 10.2. The summed E-state index contributed by atoms with van der Waals surface area (Å²) in [5, 5.41) is 11.6. The fourth-order valence-corrected chi connectivity index (χ4v) is 1.22. The molecule has 1 heterocycles. The maximum absolute atomic E-state index is 12.9. The number of halogens is 1. The fourth-order valence-electron chi connectivity index (χ4n) is 1.22. The van der Waals surface area contributed by atoms with Crippen LogP contribution in [0.3, 0.4) is 0 Å². The molecule has 1 rings (SSSR count). The smallest absolute Gasteiger partial charge is 0.271 e. The number of carbonyl (C=O) groups excluding carboxylic acids is 1. The molecular formula is C9H11FN2O3. The molecule has 0 aliphatic rings. The van der Waals surface area contributed by atoms with E-state index in [1.807, 2.05) is 0 Å². The molecule has 1 amide bonds. The summed E-state index contributed by atoms with van der Waals surface area (Å²) < 4.78 is 14.1. The SMILES string of the molecule is CCn1cc(F)c(=O)c(O)c1C(=O)NC. The van der Waals surface area contributed by atoms with Crippen molar-refractivity contribution in [1.29, 1.82) is 0 Å². The zero-order valence-electron chi connectivity index (χ0n) is 8.37. The van der Waals surface area contributed by atoms with Gasteiger partial charge >= 0.3 is 0 Å². The Morgan fingerprint density at radius 3 is 2.73 bits per heavy atom. The second-order valence-corrected chi connectivity index (χ2v) is 2.87. The van der Waals surface area contributed by atoms with Gasteiger partial charge in [0.25, 0.3) is 11.3 Å². The first-order valence-corrected chi connectivity index (χ1v) is 4.36. The molecule has 0 saturated heterocycles. The second kappa shape index (κ2) is 4.12. The third-order valence-corrected chi connectivity index (χ3v) is 2.00. The average molecular weight is 214 g/mol. The van der Waals surface area contributed by atoms with Crippen LogP contribution in [-0.2, 0) is 6.54 Å². The summed E-state index contributed by atoms with van der Waals surface area (Å²) in [7, 11) is 1.36. The predicted octanol–water partition coefficient (Wildman–Crippen LogP) is 0.0725. The van der Waals surface area contributed by atoms with Gasteiger partial charge in [-0.15, -0.1) is 0 Å². The lowest BCUT2D eigenvalue weighted by Gasteiger charge is -2.11. The van der Waals surface area contributed by atoms with E-state index in [0.29, 0.717) is 0 Å². The van der Waals surface area contributed by atoms with Gasteiger partial charge in [-0.2, -0.15) is 0 Å². The molecule has 0 fully saturated rings. The van der Waals surface area contributed by atoms with Crippen LogP contribution in [0.1, 0.15) is 17.4 Å². The maximum atomic E-state index is 12.9. The highest BCUT2D eigenvalue weighted by Crippen LogP contribution is 2.12. The third-order valence-electron chi connectivity index (χ3n) is 2.00. The topological polar surface area (TPSA) is 71.3 Å². The molecule has 0 aliphatic heterocycles. The number of rotatable bonds is 2. The molecule has 15 heavy (non-hydrogen) atoms. The Morgan fingerprint density at radius 2 is 2.27 bits per heavy atom. The molecule has 0 aromatic carbocycles. The van der Waals surface area contributed by atoms with E-state index in [0.717, 1.165) is 6.20 Å². The third kappa shape index (κ3) is 1.83. The Bertz CT molecular complexity index is 453. The van der Waals surface area contributed by atoms with Crippen molar-refractivity contribution in [2.45, 2.75) is 13.5 Å². The quantitative estimate of drug-likeness (QED) is 0.732. The number of nitrogens with zero attached hydrogens (tertiary/aromatic N) is 1. The molecule has 0 saturated carbocycles. The Balaban J connectivity index is 3.54. The number of hydrogen-bond donors (Lipinski definition) is 2. The van der Waals surface area contributed by atoms with Crippen LogP contribution in [0.15, 0.2) is 11.0 Å². The Labute approximate surface area is 85.2 Å². The summed E-state index contributed by atoms with van der Waals surface area (Å²) in [6.07, 6.45) is 0.895. The largest absolute Gasteiger partial charge is 0.502 e. The van der Waals surface area contributed by atoms with Crippen molar-refractivity contribution in [2.24, 2.45) is 0 Å². The number of pyridine rings is 1. The highest BCUT2D eigenvalue weighted by atomic mass is 19.1. The minimum absolute atomic E-state index is 0.230. The van der Waals surface area contributed by atoms with Crippen molar-refractivity contribution in [3.63, 3.8) is 0 Å². The van der Waals surface area contributed by atoms with E-state index in [1.54, 1.807) is 6.92 Å². The van der Waals surface area contributed by atoms with Crippen LogP contribution in [0.4, 0.5) is 4.39 Å². The van der Waals surface area contributed by atoms with Crippen molar-refractivity contribution < 1.29 is 14.3 Å². The molecule has 1 aromatic rings. The van der Waals surface area contributed by atoms with Gasteiger partial charge < -0.3 is 15.0 Å². The first kappa shape index (κ1) is 11.2. The van der Waals surface area contributed by atoms with Gasteiger partial charge in [0.15, 0.2) is 17.3 Å². The average Bonchev–Trinajstić information content (AvgIpc) is 2.24. The Morgan fingerprint density at radius 1 is 1.67 bits per heavy atom. The Hall–Kier alpha value is -1.85. The minimum atomic E-state index is -1.17. The summed E-state index contributed by atoms with van der Waals surface area (Å²) in [5.74, 6) is -2.58. The summed E-state index contributed by atoms with van der Waals surface area (Å²) >= 11 is 0. The molecule has 1 aromatic heterocycles. The lowest BCUT2D eigenvalue weighted by Crippen LogP contribution is -2.26. The van der Waals surface area contributed by atoms with Crippen LogP contribution >= 0.6 is 0 Å². The number of hydrogen-bond acceptors (Lipinski definition) is 3. The number of aromatic nitrogens is 1. The molecule has 0 radical (unpaired) electrons. The van der Waals surface area contributed by atoms with Crippen LogP contribution in [0.5, 0.6) is 5.75 Å². The van der Waals surface area contributed by atoms with E-state index in [4.69, 9.17) is 0 Å². The summed E-state index contributed by atoms with van der Waals surface area (Å²) in [4.78, 5) is 22.4. The van der Waals surface area contributed by atoms with E-state index < -0.39 is 22.9 Å². The normalized spacial score (nSPS) is 10.1. The fraction of sp³-hybridized carbons (Fsp3) is 0.333. The lowest BCUT2D eigenvalue weighted by molar-refractivity contribution is 0.0949. The molecule has 0 spiro atoms. The summed E-state index contributed by atoms with van der Waals surface area (Å²) in [6, 6.07) is 0. The number of nitrogens with one attached hydrogen (secondary N) is 1. The zero-order valence-corrected chi connectivity index (χ0v) is 8.37. The monoisotopic (exact) mass is 214 g/mol. The van der Waals surface area contributed by atoms with Crippen LogP contribution < -0.4 is 10.7 Å². The first-order chi connectivity index (χ1) is 7.02. The Kier molecular flexibility index (Phi) is 3.08. The molecule has 6 heteroatoms. The van der Waals surface area contributed by atoms with Gasteiger partial charge in [0.1, 0.15) is 0 Å². The van der Waals surface area contributed by atoms with Crippen molar-refractivity contribution in [1.82, 2.24) is 9.88 Å². The van der Waals surface area contributed by atoms with Crippen LogP contribution in [0.25, 0.3) is 0 Å². The van der Waals surface area contributed by atoms with Crippen molar-refractivity contribution in [2.75, 3.05) is 7.05 Å². The molecule has 0 bridgehead atoms. The molecule has 0 unspecified atom stereocenters. The van der Waals surface area contributed by atoms with Gasteiger partial charge in [0, 0.05) is 19.8 Å². The van der Waals surface area contributed by atoms with Crippen LogP contribution in [-0.4, -0.2) is 22.6 Å². The van der Waals surface area contributed by atoms with Crippen molar-refractivity contribution in [3.05, 3.63) is 27.9 Å². The van der Waals surface area contributed by atoms with Gasteiger partial charge in [-0.25, -0.2) is 4.39 Å². The van der Waals surface area contributed by atoms with E-state index in [9.17, 15) is 19.1 Å². The van der Waals surface area contributed by atoms with E-state index in [2.05, 4.69) is 5.32 Å². The zero-order chi connectivity index (χ0) is 11.6. The number of carbonyl (C=O) groups is 1. The molecular weight excluding hydrogens is 203 g/mol. The van der Waals surface area contributed by atoms with E-state index in [1.165, 1.54) is 11.6 Å². The second-order valence-electron chi connectivity index (χ2n) is 2.87. The van der Waals surface area contributed by atoms with Crippen molar-refractivity contribution in [3.8, 4) is 5.75 Å². The molecule has 0 aliphatic carbocycles. The van der Waals surface area contributed by atoms with E-state index in [-0.39, 0.29) is 12.2 Å². The summed E-state index contributed by atoms with van der Waals surface area (Å²) in [6.45, 7) is 1.93. The molecule has 2 N–H and O–H groups in total. The van der Waals surface area contributed by atoms with E-state index >= 15 is 0 Å².